The average Bonchev–Trinajstić information content (AvgIpc) is 3.05. The van der Waals surface area contributed by atoms with Crippen LogP contribution in [0.1, 0.15) is 45.1 Å². The number of nitrogens with zero attached hydrogens (tertiary/aromatic N) is 2. The molecule has 2 aliphatic rings. The van der Waals surface area contributed by atoms with Crippen molar-refractivity contribution in [3.63, 3.8) is 0 Å². The lowest BCUT2D eigenvalue weighted by atomic mass is 10.2. The van der Waals surface area contributed by atoms with E-state index in [2.05, 4.69) is 9.71 Å². The third kappa shape index (κ3) is 5.13. The molecule has 2 heterocycles. The van der Waals surface area contributed by atoms with Crippen LogP contribution in [0.5, 0.6) is 5.88 Å². The highest BCUT2D eigenvalue weighted by Gasteiger charge is 2.30. The SMILES string of the molecule is CC1CN(S(=O)(=O)NCc2ccnc(OC3CCCC3)c2)CC(C)O1. The van der Waals surface area contributed by atoms with Crippen molar-refractivity contribution < 1.29 is 17.9 Å². The van der Waals surface area contributed by atoms with Gasteiger partial charge in [0.15, 0.2) is 0 Å². The number of ether oxygens (including phenoxy) is 2. The lowest BCUT2D eigenvalue weighted by Crippen LogP contribution is -2.51. The summed E-state index contributed by atoms with van der Waals surface area (Å²) in [5.74, 6) is 0.567. The van der Waals surface area contributed by atoms with Gasteiger partial charge in [-0.3, -0.25) is 0 Å². The van der Waals surface area contributed by atoms with E-state index in [1.165, 1.54) is 17.1 Å². The van der Waals surface area contributed by atoms with E-state index in [-0.39, 0.29) is 24.9 Å². The molecule has 3 rings (SSSR count). The van der Waals surface area contributed by atoms with Crippen molar-refractivity contribution in [2.24, 2.45) is 0 Å². The van der Waals surface area contributed by atoms with E-state index in [0.29, 0.717) is 19.0 Å². The minimum Gasteiger partial charge on any atom is -0.474 e. The van der Waals surface area contributed by atoms with Gasteiger partial charge in [-0.2, -0.15) is 17.4 Å². The molecule has 8 heteroatoms. The number of aromatic nitrogens is 1. The summed E-state index contributed by atoms with van der Waals surface area (Å²) >= 11 is 0. The van der Waals surface area contributed by atoms with E-state index in [0.717, 1.165) is 18.4 Å². The van der Waals surface area contributed by atoms with Gasteiger partial charge in [-0.15, -0.1) is 0 Å². The Labute approximate surface area is 149 Å². The largest absolute Gasteiger partial charge is 0.474 e. The summed E-state index contributed by atoms with van der Waals surface area (Å²) < 4.78 is 40.6. The Morgan fingerprint density at radius 2 is 1.96 bits per heavy atom. The fraction of sp³-hybridized carbons (Fsp3) is 0.706. The van der Waals surface area contributed by atoms with Crippen molar-refractivity contribution in [2.45, 2.75) is 64.4 Å². The van der Waals surface area contributed by atoms with E-state index < -0.39 is 10.2 Å². The van der Waals surface area contributed by atoms with E-state index >= 15 is 0 Å². The Balaban J connectivity index is 1.58. The standard InChI is InChI=1S/C17H27N3O4S/c1-13-11-20(12-14(2)23-13)25(21,22)19-10-15-7-8-18-17(9-15)24-16-5-3-4-6-16/h7-9,13-14,16,19H,3-6,10-12H2,1-2H3. The first-order valence-electron chi connectivity index (χ1n) is 8.94. The summed E-state index contributed by atoms with van der Waals surface area (Å²) in [5.41, 5.74) is 0.834. The fourth-order valence-electron chi connectivity index (χ4n) is 3.39. The van der Waals surface area contributed by atoms with E-state index in [1.807, 2.05) is 19.9 Å². The maximum Gasteiger partial charge on any atom is 0.279 e. The van der Waals surface area contributed by atoms with Gasteiger partial charge in [0.1, 0.15) is 6.10 Å². The second-order valence-corrected chi connectivity index (χ2v) is 8.68. The molecule has 1 N–H and O–H groups in total. The van der Waals surface area contributed by atoms with E-state index in [1.54, 1.807) is 12.3 Å². The highest BCUT2D eigenvalue weighted by molar-refractivity contribution is 7.87. The van der Waals surface area contributed by atoms with E-state index in [4.69, 9.17) is 9.47 Å². The molecular weight excluding hydrogens is 342 g/mol. The van der Waals surface area contributed by atoms with Crippen molar-refractivity contribution in [1.82, 2.24) is 14.0 Å². The van der Waals surface area contributed by atoms with Gasteiger partial charge in [0.25, 0.3) is 10.2 Å². The number of nitrogens with one attached hydrogen (secondary N) is 1. The molecule has 2 unspecified atom stereocenters. The van der Waals surface area contributed by atoms with Crippen molar-refractivity contribution >= 4 is 10.2 Å². The second kappa shape index (κ2) is 7.99. The minimum absolute atomic E-state index is 0.104. The Kier molecular flexibility index (Phi) is 5.93. The van der Waals surface area contributed by atoms with Gasteiger partial charge < -0.3 is 9.47 Å². The van der Waals surface area contributed by atoms with Crippen molar-refractivity contribution in [3.8, 4) is 5.88 Å². The smallest absolute Gasteiger partial charge is 0.279 e. The zero-order valence-electron chi connectivity index (χ0n) is 14.8. The third-order valence-electron chi connectivity index (χ3n) is 4.57. The van der Waals surface area contributed by atoms with Gasteiger partial charge >= 0.3 is 0 Å². The predicted molar refractivity (Wildman–Crippen MR) is 94.5 cm³/mol. The van der Waals surface area contributed by atoms with Crippen LogP contribution >= 0.6 is 0 Å². The van der Waals surface area contributed by atoms with Gasteiger partial charge in [0.2, 0.25) is 5.88 Å². The molecule has 1 saturated carbocycles. The van der Waals surface area contributed by atoms with Gasteiger partial charge in [-0.1, -0.05) is 0 Å². The highest BCUT2D eigenvalue weighted by Crippen LogP contribution is 2.23. The molecule has 2 fully saturated rings. The first-order chi connectivity index (χ1) is 11.9. The molecule has 25 heavy (non-hydrogen) atoms. The number of morpholine rings is 1. The Morgan fingerprint density at radius 1 is 1.28 bits per heavy atom. The number of rotatable bonds is 6. The zero-order chi connectivity index (χ0) is 17.9. The predicted octanol–water partition coefficient (Wildman–Crippen LogP) is 1.85. The quantitative estimate of drug-likeness (QED) is 0.828. The van der Waals surface area contributed by atoms with Gasteiger partial charge in [0.05, 0.1) is 12.2 Å². The van der Waals surface area contributed by atoms with E-state index in [9.17, 15) is 8.42 Å². The topological polar surface area (TPSA) is 80.8 Å². The lowest BCUT2D eigenvalue weighted by molar-refractivity contribution is -0.0444. The number of hydrogen-bond acceptors (Lipinski definition) is 5. The summed E-state index contributed by atoms with van der Waals surface area (Å²) in [5, 5.41) is 0. The maximum absolute atomic E-state index is 12.5. The monoisotopic (exact) mass is 369 g/mol. The maximum atomic E-state index is 12.5. The summed E-state index contributed by atoms with van der Waals surface area (Å²) in [4.78, 5) is 4.23. The molecule has 0 bridgehead atoms. The molecule has 7 nitrogen and oxygen atoms in total. The summed E-state index contributed by atoms with van der Waals surface area (Å²) in [6.07, 6.45) is 6.20. The molecule has 0 amide bonds. The third-order valence-corrected chi connectivity index (χ3v) is 6.06. The van der Waals surface area contributed by atoms with Crippen LogP contribution in [0.2, 0.25) is 0 Å². The van der Waals surface area contributed by atoms with Crippen molar-refractivity contribution in [3.05, 3.63) is 23.9 Å². The minimum atomic E-state index is -3.54. The first kappa shape index (κ1) is 18.6. The van der Waals surface area contributed by atoms with Crippen LogP contribution in [0.4, 0.5) is 0 Å². The number of hydrogen-bond donors (Lipinski definition) is 1. The summed E-state index contributed by atoms with van der Waals surface area (Å²) in [7, 11) is -3.54. The van der Waals surface area contributed by atoms with Gasteiger partial charge in [0, 0.05) is 31.9 Å². The van der Waals surface area contributed by atoms with Crippen LogP contribution in [0, 0.1) is 0 Å². The van der Waals surface area contributed by atoms with Crippen molar-refractivity contribution in [2.75, 3.05) is 13.1 Å². The first-order valence-corrected chi connectivity index (χ1v) is 10.4. The highest BCUT2D eigenvalue weighted by atomic mass is 32.2. The Morgan fingerprint density at radius 3 is 2.64 bits per heavy atom. The molecule has 1 aromatic heterocycles. The van der Waals surface area contributed by atoms with Gasteiger partial charge in [-0.25, -0.2) is 4.98 Å². The van der Waals surface area contributed by atoms with Crippen LogP contribution in [0.25, 0.3) is 0 Å². The molecule has 1 aliphatic carbocycles. The Bertz CT molecular complexity index is 666. The normalized spacial score (nSPS) is 26.0. The van der Waals surface area contributed by atoms with Crippen LogP contribution < -0.4 is 9.46 Å². The van der Waals surface area contributed by atoms with Crippen LogP contribution in [0.15, 0.2) is 18.3 Å². The lowest BCUT2D eigenvalue weighted by Gasteiger charge is -2.34. The fourth-order valence-corrected chi connectivity index (χ4v) is 4.74. The van der Waals surface area contributed by atoms with Crippen LogP contribution in [-0.2, 0) is 21.5 Å². The summed E-state index contributed by atoms with van der Waals surface area (Å²) in [6.45, 7) is 4.71. The second-order valence-electron chi connectivity index (χ2n) is 6.93. The zero-order valence-corrected chi connectivity index (χ0v) is 15.7. The summed E-state index contributed by atoms with van der Waals surface area (Å²) in [6, 6.07) is 3.61. The molecule has 1 aromatic rings. The molecule has 0 spiro atoms. The van der Waals surface area contributed by atoms with Crippen LogP contribution in [0.3, 0.4) is 0 Å². The van der Waals surface area contributed by atoms with Crippen LogP contribution in [-0.4, -0.2) is 49.1 Å². The molecule has 2 atom stereocenters. The average molecular weight is 369 g/mol. The molecule has 0 radical (unpaired) electrons. The molecule has 140 valence electrons. The number of pyridine rings is 1. The molecule has 0 aromatic carbocycles. The molecule has 1 aliphatic heterocycles. The van der Waals surface area contributed by atoms with Gasteiger partial charge in [-0.05, 0) is 51.2 Å². The van der Waals surface area contributed by atoms with Crippen molar-refractivity contribution in [1.29, 1.82) is 0 Å². The molecule has 1 saturated heterocycles. The molecular formula is C17H27N3O4S. The Hall–Kier alpha value is -1.22.